The van der Waals surface area contributed by atoms with Crippen LogP contribution in [0.15, 0.2) is 0 Å². The van der Waals surface area contributed by atoms with Gasteiger partial charge in [-0.05, 0) is 43.6 Å². The molecular formula is C19H26N2O5S. The first-order valence-corrected chi connectivity index (χ1v) is 10.2. The van der Waals surface area contributed by atoms with Gasteiger partial charge >= 0.3 is 5.97 Å². The molecule has 0 spiro atoms. The quantitative estimate of drug-likeness (QED) is 0.520. The molecule has 8 heteroatoms. The molecule has 148 valence electrons. The summed E-state index contributed by atoms with van der Waals surface area (Å²) >= 11 is 1.45. The van der Waals surface area contributed by atoms with E-state index >= 15 is 0 Å². The van der Waals surface area contributed by atoms with Crippen molar-refractivity contribution in [1.82, 2.24) is 5.32 Å². The molecule has 2 aliphatic carbocycles. The summed E-state index contributed by atoms with van der Waals surface area (Å²) in [5, 5.41) is 6.15. The highest BCUT2D eigenvalue weighted by molar-refractivity contribution is 7.17. The number of esters is 1. The van der Waals surface area contributed by atoms with Crippen molar-refractivity contribution in [3.8, 4) is 0 Å². The fourth-order valence-corrected chi connectivity index (χ4v) is 4.61. The average Bonchev–Trinajstić information content (AvgIpc) is 3.27. The highest BCUT2D eigenvalue weighted by atomic mass is 32.1. The lowest BCUT2D eigenvalue weighted by Crippen LogP contribution is -2.29. The van der Waals surface area contributed by atoms with Gasteiger partial charge in [0.15, 0.2) is 6.61 Å². The number of amides is 2. The summed E-state index contributed by atoms with van der Waals surface area (Å²) in [6.45, 7) is 2.49. The molecule has 1 fully saturated rings. The summed E-state index contributed by atoms with van der Waals surface area (Å²) in [7, 11) is 1.58. The van der Waals surface area contributed by atoms with Gasteiger partial charge in [-0.25, -0.2) is 0 Å². The Bertz CT molecular complexity index is 730. The molecule has 2 aliphatic rings. The zero-order valence-electron chi connectivity index (χ0n) is 15.8. The molecule has 0 bridgehead atoms. The number of carbonyl (C=O) groups excluding carboxylic acids is 3. The van der Waals surface area contributed by atoms with Crippen LogP contribution in [0.2, 0.25) is 0 Å². The van der Waals surface area contributed by atoms with Crippen LogP contribution >= 0.6 is 11.3 Å². The van der Waals surface area contributed by atoms with Crippen LogP contribution in [-0.2, 0) is 31.9 Å². The standard InChI is InChI=1S/C19H26N2O5S/c1-11-9-13(11)19(24)26-10-15(22)21-18-16(17(23)20-7-8-25-2)12-5-3-4-6-14(12)27-18/h11,13H,3-10H2,1-2H3,(H,20,23)(H,21,22)/t11-,13+/m1/s1. The lowest BCUT2D eigenvalue weighted by molar-refractivity contribution is -0.148. The van der Waals surface area contributed by atoms with Crippen LogP contribution in [0.3, 0.4) is 0 Å². The molecule has 1 saturated carbocycles. The van der Waals surface area contributed by atoms with Crippen molar-refractivity contribution in [1.29, 1.82) is 0 Å². The molecular weight excluding hydrogens is 368 g/mol. The van der Waals surface area contributed by atoms with Gasteiger partial charge in [-0.3, -0.25) is 14.4 Å². The van der Waals surface area contributed by atoms with Gasteiger partial charge in [0.1, 0.15) is 5.00 Å². The van der Waals surface area contributed by atoms with Crippen LogP contribution in [0, 0.1) is 11.8 Å². The number of carbonyl (C=O) groups is 3. The molecule has 1 aromatic rings. The maximum atomic E-state index is 12.7. The van der Waals surface area contributed by atoms with E-state index in [1.807, 2.05) is 6.92 Å². The minimum atomic E-state index is -0.416. The summed E-state index contributed by atoms with van der Waals surface area (Å²) < 4.78 is 10.1. The van der Waals surface area contributed by atoms with E-state index in [1.165, 1.54) is 11.3 Å². The Balaban J connectivity index is 1.66. The van der Waals surface area contributed by atoms with Crippen LogP contribution in [0.1, 0.15) is 47.0 Å². The van der Waals surface area contributed by atoms with Gasteiger partial charge in [-0.1, -0.05) is 6.92 Å². The second-order valence-electron chi connectivity index (χ2n) is 7.14. The highest BCUT2D eigenvalue weighted by Crippen LogP contribution is 2.39. The minimum absolute atomic E-state index is 0.0750. The van der Waals surface area contributed by atoms with Crippen molar-refractivity contribution in [3.05, 3.63) is 16.0 Å². The Kier molecular flexibility index (Phi) is 6.49. The largest absolute Gasteiger partial charge is 0.455 e. The number of ether oxygens (including phenoxy) is 2. The number of hydrogen-bond donors (Lipinski definition) is 2. The van der Waals surface area contributed by atoms with Crippen LogP contribution in [0.5, 0.6) is 0 Å². The molecule has 7 nitrogen and oxygen atoms in total. The number of aryl methyl sites for hydroxylation is 1. The second-order valence-corrected chi connectivity index (χ2v) is 8.24. The normalized spacial score (nSPS) is 20.5. The van der Waals surface area contributed by atoms with E-state index in [4.69, 9.17) is 9.47 Å². The van der Waals surface area contributed by atoms with Gasteiger partial charge in [-0.2, -0.15) is 0 Å². The van der Waals surface area contributed by atoms with Crippen molar-refractivity contribution in [3.63, 3.8) is 0 Å². The first kappa shape index (κ1) is 19.8. The molecule has 0 aliphatic heterocycles. The monoisotopic (exact) mass is 394 g/mol. The van der Waals surface area contributed by atoms with Crippen molar-refractivity contribution in [2.75, 3.05) is 32.2 Å². The molecule has 27 heavy (non-hydrogen) atoms. The Labute approximate surface area is 162 Å². The number of thiophene rings is 1. The van der Waals surface area contributed by atoms with E-state index in [0.29, 0.717) is 29.6 Å². The zero-order chi connectivity index (χ0) is 19.4. The Hall–Kier alpha value is -1.93. The molecule has 1 heterocycles. The Morgan fingerprint density at radius 3 is 2.67 bits per heavy atom. The smallest absolute Gasteiger partial charge is 0.309 e. The minimum Gasteiger partial charge on any atom is -0.455 e. The lowest BCUT2D eigenvalue weighted by Gasteiger charge is -2.13. The molecule has 1 aromatic heterocycles. The number of fused-ring (bicyclic) bond motifs is 1. The Morgan fingerprint density at radius 2 is 1.96 bits per heavy atom. The second kappa shape index (κ2) is 8.84. The third kappa shape index (κ3) is 4.87. The van der Waals surface area contributed by atoms with E-state index in [9.17, 15) is 14.4 Å². The van der Waals surface area contributed by atoms with Crippen LogP contribution in [0.4, 0.5) is 5.00 Å². The summed E-state index contributed by atoms with van der Waals surface area (Å²) in [6, 6.07) is 0. The highest BCUT2D eigenvalue weighted by Gasteiger charge is 2.40. The number of anilines is 1. The molecule has 3 rings (SSSR count). The van der Waals surface area contributed by atoms with Gasteiger partial charge in [0, 0.05) is 18.5 Å². The number of hydrogen-bond acceptors (Lipinski definition) is 6. The summed E-state index contributed by atoms with van der Waals surface area (Å²) in [4.78, 5) is 37.8. The lowest BCUT2D eigenvalue weighted by atomic mass is 9.95. The summed E-state index contributed by atoms with van der Waals surface area (Å²) in [5.74, 6) is -0.673. The molecule has 2 amide bonds. The molecule has 2 N–H and O–H groups in total. The molecule has 2 atom stereocenters. The van der Waals surface area contributed by atoms with E-state index in [-0.39, 0.29) is 24.4 Å². The molecule has 0 unspecified atom stereocenters. The third-order valence-corrected chi connectivity index (χ3v) is 6.21. The van der Waals surface area contributed by atoms with Crippen molar-refractivity contribution in [2.24, 2.45) is 11.8 Å². The van der Waals surface area contributed by atoms with Crippen LogP contribution in [-0.4, -0.2) is 44.7 Å². The summed E-state index contributed by atoms with van der Waals surface area (Å²) in [5.41, 5.74) is 1.57. The van der Waals surface area contributed by atoms with Gasteiger partial charge < -0.3 is 20.1 Å². The number of rotatable bonds is 8. The maximum absolute atomic E-state index is 12.7. The van der Waals surface area contributed by atoms with Crippen molar-refractivity contribution >= 4 is 34.1 Å². The zero-order valence-corrected chi connectivity index (χ0v) is 16.6. The summed E-state index contributed by atoms with van der Waals surface area (Å²) in [6.07, 6.45) is 4.70. The topological polar surface area (TPSA) is 93.7 Å². The Morgan fingerprint density at radius 1 is 1.22 bits per heavy atom. The van der Waals surface area contributed by atoms with E-state index in [2.05, 4.69) is 10.6 Å². The van der Waals surface area contributed by atoms with Crippen LogP contribution < -0.4 is 10.6 Å². The fraction of sp³-hybridized carbons (Fsp3) is 0.632. The first-order chi connectivity index (χ1) is 13.0. The van der Waals surface area contributed by atoms with Gasteiger partial charge in [-0.15, -0.1) is 11.3 Å². The average molecular weight is 394 g/mol. The molecule has 0 aromatic carbocycles. The fourth-order valence-electron chi connectivity index (χ4n) is 3.31. The maximum Gasteiger partial charge on any atom is 0.309 e. The molecule has 0 saturated heterocycles. The van der Waals surface area contributed by atoms with Gasteiger partial charge in [0.25, 0.3) is 11.8 Å². The first-order valence-electron chi connectivity index (χ1n) is 9.39. The van der Waals surface area contributed by atoms with Crippen molar-refractivity contribution < 1.29 is 23.9 Å². The SMILES string of the molecule is COCCNC(=O)c1c(NC(=O)COC(=O)[C@H]2C[C@H]2C)sc2c1CCCC2. The predicted octanol–water partition coefficient (Wildman–Crippen LogP) is 2.14. The number of methoxy groups -OCH3 is 1. The molecule has 0 radical (unpaired) electrons. The predicted molar refractivity (Wildman–Crippen MR) is 102 cm³/mol. The van der Waals surface area contributed by atoms with E-state index in [0.717, 1.165) is 42.5 Å². The van der Waals surface area contributed by atoms with Gasteiger partial charge in [0.05, 0.1) is 18.1 Å². The van der Waals surface area contributed by atoms with Gasteiger partial charge in [0.2, 0.25) is 0 Å². The van der Waals surface area contributed by atoms with Crippen molar-refractivity contribution in [2.45, 2.75) is 39.0 Å². The van der Waals surface area contributed by atoms with Crippen LogP contribution in [0.25, 0.3) is 0 Å². The number of nitrogens with one attached hydrogen (secondary N) is 2. The van der Waals surface area contributed by atoms with E-state index < -0.39 is 5.91 Å². The third-order valence-electron chi connectivity index (χ3n) is 5.00. The van der Waals surface area contributed by atoms with E-state index in [1.54, 1.807) is 7.11 Å².